The van der Waals surface area contributed by atoms with Crippen LogP contribution in [0.1, 0.15) is 44.8 Å². The van der Waals surface area contributed by atoms with Gasteiger partial charge in [-0.15, -0.1) is 0 Å². The number of carbonyl (C=O) groups excluding carboxylic acids is 1. The lowest BCUT2D eigenvalue weighted by atomic mass is 9.70. The molecule has 3 aliphatic heterocycles. The Morgan fingerprint density at radius 1 is 1.43 bits per heavy atom. The van der Waals surface area contributed by atoms with Crippen LogP contribution >= 0.6 is 11.8 Å². The average Bonchev–Trinajstić information content (AvgIpc) is 2.75. The second-order valence-electron chi connectivity index (χ2n) is 9.24. The molecular weight excluding hydrogens is 400 g/mol. The fourth-order valence-corrected chi connectivity index (χ4v) is 5.75. The van der Waals surface area contributed by atoms with E-state index in [-0.39, 0.29) is 29.6 Å². The van der Waals surface area contributed by atoms with E-state index in [2.05, 4.69) is 19.9 Å². The van der Waals surface area contributed by atoms with Gasteiger partial charge in [0.05, 0.1) is 25.4 Å². The van der Waals surface area contributed by atoms with Crippen LogP contribution in [-0.4, -0.2) is 60.8 Å². The third-order valence-corrected chi connectivity index (χ3v) is 7.61. The summed E-state index contributed by atoms with van der Waals surface area (Å²) in [6, 6.07) is 5.63. The quantitative estimate of drug-likeness (QED) is 0.767. The van der Waals surface area contributed by atoms with Gasteiger partial charge in [-0.1, -0.05) is 12.1 Å². The number of benzene rings is 1. The highest BCUT2D eigenvalue weighted by atomic mass is 32.2. The van der Waals surface area contributed by atoms with E-state index in [0.29, 0.717) is 5.92 Å². The number of carbonyl (C=O) groups is 1. The van der Waals surface area contributed by atoms with Crippen molar-refractivity contribution >= 4 is 17.7 Å². The molecule has 1 aromatic carbocycles. The van der Waals surface area contributed by atoms with Gasteiger partial charge in [-0.2, -0.15) is 11.8 Å². The second-order valence-corrected chi connectivity index (χ2v) is 10.2. The molecule has 2 fully saturated rings. The molecule has 30 heavy (non-hydrogen) atoms. The molecule has 1 aromatic rings. The first kappa shape index (κ1) is 21.8. The zero-order valence-corrected chi connectivity index (χ0v) is 19.2. The van der Waals surface area contributed by atoms with Crippen molar-refractivity contribution in [3.8, 4) is 11.5 Å². The smallest absolute Gasteiger partial charge is 0.239 e. The Balaban J connectivity index is 1.52. The number of thioether (sulfide) groups is 1. The van der Waals surface area contributed by atoms with Gasteiger partial charge in [0.25, 0.3) is 0 Å². The highest BCUT2D eigenvalue weighted by molar-refractivity contribution is 7.98. The fourth-order valence-electron chi connectivity index (χ4n) is 5.26. The Bertz CT molecular complexity index is 786. The SMILES string of the molecule is COc1cccc2c1OC(C)(C)[C@@H]1C[C@H]3CN(C(=O)[C@@H](N)CCSC)CC[C@H]3O[C@@H]21. The van der Waals surface area contributed by atoms with Crippen LogP contribution in [0.3, 0.4) is 0 Å². The van der Waals surface area contributed by atoms with Crippen molar-refractivity contribution in [2.75, 3.05) is 32.2 Å². The minimum absolute atomic E-state index is 0.00816. The molecule has 7 heteroatoms. The summed E-state index contributed by atoms with van der Waals surface area (Å²) in [5.74, 6) is 3.08. The zero-order chi connectivity index (χ0) is 21.5. The Hall–Kier alpha value is -1.44. The van der Waals surface area contributed by atoms with E-state index >= 15 is 0 Å². The summed E-state index contributed by atoms with van der Waals surface area (Å²) in [4.78, 5) is 14.8. The third-order valence-electron chi connectivity index (χ3n) is 6.96. The van der Waals surface area contributed by atoms with Gasteiger partial charge in [-0.25, -0.2) is 0 Å². The highest BCUT2D eigenvalue weighted by Crippen LogP contribution is 2.55. The Morgan fingerprint density at radius 2 is 2.23 bits per heavy atom. The molecule has 0 aliphatic carbocycles. The van der Waals surface area contributed by atoms with Crippen LogP contribution in [-0.2, 0) is 9.53 Å². The number of likely N-dealkylation sites (tertiary alicyclic amines) is 1. The first-order chi connectivity index (χ1) is 14.4. The van der Waals surface area contributed by atoms with E-state index in [1.807, 2.05) is 23.3 Å². The molecule has 2 N–H and O–H groups in total. The predicted molar refractivity (Wildman–Crippen MR) is 119 cm³/mol. The molecule has 6 nitrogen and oxygen atoms in total. The molecule has 0 aromatic heterocycles. The lowest BCUT2D eigenvalue weighted by molar-refractivity contribution is -0.189. The lowest BCUT2D eigenvalue weighted by Gasteiger charge is -2.53. The fraction of sp³-hybridized carbons (Fsp3) is 0.696. The van der Waals surface area contributed by atoms with Gasteiger partial charge in [0, 0.05) is 30.5 Å². The van der Waals surface area contributed by atoms with Crippen LogP contribution in [0, 0.1) is 11.8 Å². The maximum Gasteiger partial charge on any atom is 0.239 e. The molecule has 0 bridgehead atoms. The average molecular weight is 435 g/mol. The van der Waals surface area contributed by atoms with Crippen molar-refractivity contribution < 1.29 is 19.0 Å². The Kier molecular flexibility index (Phi) is 6.24. The summed E-state index contributed by atoms with van der Waals surface area (Å²) in [5.41, 5.74) is 6.87. The van der Waals surface area contributed by atoms with Crippen molar-refractivity contribution in [1.82, 2.24) is 4.90 Å². The summed E-state index contributed by atoms with van der Waals surface area (Å²) in [6.45, 7) is 5.71. The number of fused-ring (bicyclic) bond motifs is 4. The molecular formula is C23H34N2O4S. The Labute approximate surface area is 183 Å². The maximum atomic E-state index is 12.8. The monoisotopic (exact) mass is 434 g/mol. The van der Waals surface area contributed by atoms with E-state index in [1.54, 1.807) is 18.9 Å². The van der Waals surface area contributed by atoms with E-state index in [4.69, 9.17) is 19.9 Å². The normalized spacial score (nSPS) is 30.4. The predicted octanol–water partition coefficient (Wildman–Crippen LogP) is 3.24. The second kappa shape index (κ2) is 8.60. The minimum atomic E-state index is -0.403. The van der Waals surface area contributed by atoms with Gasteiger partial charge in [0.1, 0.15) is 5.60 Å². The molecule has 166 valence electrons. The lowest BCUT2D eigenvalue weighted by Crippen LogP contribution is -2.57. The molecule has 0 unspecified atom stereocenters. The first-order valence-electron chi connectivity index (χ1n) is 10.9. The summed E-state index contributed by atoms with van der Waals surface area (Å²) >= 11 is 1.73. The van der Waals surface area contributed by atoms with Crippen molar-refractivity contribution in [3.63, 3.8) is 0 Å². The van der Waals surface area contributed by atoms with Crippen molar-refractivity contribution in [2.24, 2.45) is 17.6 Å². The summed E-state index contributed by atoms with van der Waals surface area (Å²) in [7, 11) is 1.67. The van der Waals surface area contributed by atoms with Gasteiger partial charge in [0.15, 0.2) is 11.5 Å². The van der Waals surface area contributed by atoms with Gasteiger partial charge in [0.2, 0.25) is 5.91 Å². The van der Waals surface area contributed by atoms with E-state index in [1.165, 1.54) is 0 Å². The van der Waals surface area contributed by atoms with E-state index in [0.717, 1.165) is 55.2 Å². The number of rotatable bonds is 5. The summed E-state index contributed by atoms with van der Waals surface area (Å²) in [6.07, 6.45) is 4.75. The van der Waals surface area contributed by atoms with Gasteiger partial charge >= 0.3 is 0 Å². The summed E-state index contributed by atoms with van der Waals surface area (Å²) in [5, 5.41) is 0. The topological polar surface area (TPSA) is 74.0 Å². The van der Waals surface area contributed by atoms with E-state index in [9.17, 15) is 4.79 Å². The van der Waals surface area contributed by atoms with Crippen LogP contribution < -0.4 is 15.2 Å². The Morgan fingerprint density at radius 3 is 2.97 bits per heavy atom. The molecule has 5 atom stereocenters. The molecule has 4 rings (SSSR count). The highest BCUT2D eigenvalue weighted by Gasteiger charge is 2.52. The zero-order valence-electron chi connectivity index (χ0n) is 18.4. The first-order valence-corrected chi connectivity index (χ1v) is 12.3. The largest absolute Gasteiger partial charge is 0.493 e. The van der Waals surface area contributed by atoms with Crippen LogP contribution in [0.2, 0.25) is 0 Å². The summed E-state index contributed by atoms with van der Waals surface area (Å²) < 4.78 is 18.7. The molecule has 1 amide bonds. The molecule has 0 spiro atoms. The van der Waals surface area contributed by atoms with Gasteiger partial charge in [-0.05, 0) is 51.2 Å². The van der Waals surface area contributed by atoms with Crippen LogP contribution in [0.4, 0.5) is 0 Å². The number of hydrogen-bond donors (Lipinski definition) is 1. The number of amides is 1. The van der Waals surface area contributed by atoms with Crippen molar-refractivity contribution in [2.45, 2.75) is 57.0 Å². The maximum absolute atomic E-state index is 12.8. The number of nitrogens with zero attached hydrogens (tertiary/aromatic N) is 1. The van der Waals surface area contributed by atoms with Gasteiger partial charge in [-0.3, -0.25) is 4.79 Å². The minimum Gasteiger partial charge on any atom is -0.493 e. The number of para-hydroxylation sites is 1. The molecule has 0 saturated carbocycles. The molecule has 3 aliphatic rings. The van der Waals surface area contributed by atoms with Gasteiger partial charge < -0.3 is 24.8 Å². The van der Waals surface area contributed by atoms with Crippen LogP contribution in [0.15, 0.2) is 18.2 Å². The number of hydrogen-bond acceptors (Lipinski definition) is 6. The van der Waals surface area contributed by atoms with Crippen LogP contribution in [0.5, 0.6) is 11.5 Å². The van der Waals surface area contributed by atoms with E-state index < -0.39 is 6.04 Å². The van der Waals surface area contributed by atoms with Crippen molar-refractivity contribution in [3.05, 3.63) is 23.8 Å². The number of piperidine rings is 1. The van der Waals surface area contributed by atoms with Crippen LogP contribution in [0.25, 0.3) is 0 Å². The molecule has 0 radical (unpaired) electrons. The number of ether oxygens (including phenoxy) is 3. The molecule has 2 saturated heterocycles. The van der Waals surface area contributed by atoms with Crippen molar-refractivity contribution in [1.29, 1.82) is 0 Å². The number of methoxy groups -OCH3 is 1. The molecule has 3 heterocycles. The standard InChI is InChI=1S/C23H34N2O4S/c1-23(2)16-12-14-13-25(22(26)17(24)9-11-30-4)10-8-18(14)28-20(16)15-6-5-7-19(27-3)21(15)29-23/h5-7,14,16-18,20H,8-13,24H2,1-4H3/t14-,16+,17-,18+,20-/m0/s1. The number of nitrogens with two attached hydrogens (primary N) is 1. The third kappa shape index (κ3) is 3.92.